The number of hydrogen-bond donors (Lipinski definition) is 1. The van der Waals surface area contributed by atoms with Gasteiger partial charge in [0.1, 0.15) is 0 Å². The van der Waals surface area contributed by atoms with Gasteiger partial charge in [0.05, 0.1) is 0 Å². The maximum absolute atomic E-state index is 6.03. The Morgan fingerprint density at radius 1 is 1.00 bits per heavy atom. The zero-order chi connectivity index (χ0) is 13.7. The molecule has 4 saturated carbocycles. The van der Waals surface area contributed by atoms with Gasteiger partial charge in [-0.3, -0.25) is 0 Å². The van der Waals surface area contributed by atoms with E-state index in [1.54, 1.807) is 5.56 Å². The Balaban J connectivity index is 1.65. The normalized spacial score (nSPS) is 39.8. The molecule has 106 valence electrons. The Bertz CT molecular complexity index is 478. The van der Waals surface area contributed by atoms with Crippen LogP contribution in [-0.2, 0) is 5.41 Å². The van der Waals surface area contributed by atoms with E-state index in [1.165, 1.54) is 44.1 Å². The van der Waals surface area contributed by atoms with Crippen molar-refractivity contribution in [3.05, 3.63) is 48.0 Å². The van der Waals surface area contributed by atoms with Gasteiger partial charge in [-0.1, -0.05) is 30.3 Å². The highest BCUT2D eigenvalue weighted by Gasteiger charge is 2.51. The molecule has 1 aromatic carbocycles. The van der Waals surface area contributed by atoms with Crippen LogP contribution in [0.15, 0.2) is 36.9 Å². The third-order valence-electron chi connectivity index (χ3n) is 6.20. The molecule has 4 bridgehead atoms. The predicted octanol–water partition coefficient (Wildman–Crippen LogP) is 4.34. The van der Waals surface area contributed by atoms with E-state index in [4.69, 9.17) is 5.73 Å². The second-order valence-electron chi connectivity index (χ2n) is 7.58. The minimum atomic E-state index is -0.0274. The topological polar surface area (TPSA) is 26.0 Å². The van der Waals surface area contributed by atoms with Gasteiger partial charge in [0.2, 0.25) is 0 Å². The first kappa shape index (κ1) is 12.6. The van der Waals surface area contributed by atoms with Crippen LogP contribution in [0, 0.1) is 17.8 Å². The summed E-state index contributed by atoms with van der Waals surface area (Å²) in [7, 11) is 0. The van der Waals surface area contributed by atoms with Crippen molar-refractivity contribution in [2.75, 3.05) is 0 Å². The molecule has 1 nitrogen and oxygen atoms in total. The summed E-state index contributed by atoms with van der Waals surface area (Å²) in [4.78, 5) is 0. The largest absolute Gasteiger partial charge is 0.321 e. The molecule has 0 aromatic heterocycles. The summed E-state index contributed by atoms with van der Waals surface area (Å²) in [5.74, 6) is 3.03. The molecule has 1 aromatic rings. The van der Waals surface area contributed by atoms with E-state index in [0.717, 1.165) is 17.8 Å². The molecule has 4 aliphatic rings. The highest BCUT2D eigenvalue weighted by atomic mass is 14.6. The fourth-order valence-electron chi connectivity index (χ4n) is 5.66. The average Bonchev–Trinajstić information content (AvgIpc) is 2.45. The number of benzene rings is 1. The summed E-state index contributed by atoms with van der Waals surface area (Å²) < 4.78 is 0. The summed E-state index contributed by atoms with van der Waals surface area (Å²) in [5.41, 5.74) is 9.31. The van der Waals surface area contributed by atoms with Crippen molar-refractivity contribution in [1.29, 1.82) is 0 Å². The highest BCUT2D eigenvalue weighted by Crippen LogP contribution is 2.60. The van der Waals surface area contributed by atoms with Crippen LogP contribution in [-0.4, -0.2) is 0 Å². The van der Waals surface area contributed by atoms with Crippen LogP contribution in [0.25, 0.3) is 0 Å². The summed E-state index contributed by atoms with van der Waals surface area (Å²) in [6.45, 7) is 3.79. The van der Waals surface area contributed by atoms with E-state index >= 15 is 0 Å². The Morgan fingerprint density at radius 3 is 1.95 bits per heavy atom. The summed E-state index contributed by atoms with van der Waals surface area (Å²) in [6, 6.07) is 9.12. The molecule has 0 heterocycles. The van der Waals surface area contributed by atoms with Crippen LogP contribution >= 0.6 is 0 Å². The first-order valence-electron chi connectivity index (χ1n) is 8.17. The van der Waals surface area contributed by atoms with Crippen molar-refractivity contribution in [2.45, 2.75) is 50.0 Å². The summed E-state index contributed by atoms with van der Waals surface area (Å²) in [5, 5.41) is 0. The fourth-order valence-corrected chi connectivity index (χ4v) is 5.66. The average molecular weight is 267 g/mol. The van der Waals surface area contributed by atoms with Crippen LogP contribution in [0.1, 0.15) is 55.7 Å². The molecule has 4 fully saturated rings. The van der Waals surface area contributed by atoms with Gasteiger partial charge in [0, 0.05) is 6.04 Å². The van der Waals surface area contributed by atoms with E-state index in [0.29, 0.717) is 5.41 Å². The molecule has 5 rings (SSSR count). The van der Waals surface area contributed by atoms with Gasteiger partial charge in [-0.05, 0) is 72.8 Å². The predicted molar refractivity (Wildman–Crippen MR) is 83.4 cm³/mol. The summed E-state index contributed by atoms with van der Waals surface area (Å²) in [6.07, 6.45) is 10.7. The lowest BCUT2D eigenvalue weighted by Gasteiger charge is -2.57. The smallest absolute Gasteiger partial charge is 0.0478 e. The Labute approximate surface area is 122 Å². The second-order valence-corrected chi connectivity index (χ2v) is 7.58. The second kappa shape index (κ2) is 4.46. The van der Waals surface area contributed by atoms with Crippen molar-refractivity contribution in [2.24, 2.45) is 23.5 Å². The van der Waals surface area contributed by atoms with E-state index in [1.807, 2.05) is 6.08 Å². The number of rotatable bonds is 3. The molecule has 2 N–H and O–H groups in total. The first-order chi connectivity index (χ1) is 9.68. The quantitative estimate of drug-likeness (QED) is 0.810. The lowest BCUT2D eigenvalue weighted by molar-refractivity contribution is -0.00519. The van der Waals surface area contributed by atoms with Gasteiger partial charge < -0.3 is 5.73 Å². The Kier molecular flexibility index (Phi) is 2.82. The van der Waals surface area contributed by atoms with Crippen LogP contribution < -0.4 is 5.73 Å². The maximum Gasteiger partial charge on any atom is 0.0478 e. The number of nitrogens with two attached hydrogens (primary N) is 1. The molecule has 1 atom stereocenters. The van der Waals surface area contributed by atoms with E-state index in [9.17, 15) is 0 Å². The molecule has 1 heteroatoms. The standard InChI is InChI=1S/C19H25N/c1-2-18(20)16-3-5-17(6-4-16)19-10-13-7-14(11-19)9-15(8-13)12-19/h2-6,13-15,18H,1,7-12,20H2. The van der Waals surface area contributed by atoms with Gasteiger partial charge >= 0.3 is 0 Å². The fraction of sp³-hybridized carbons (Fsp3) is 0.579. The minimum absolute atomic E-state index is 0.0274. The van der Waals surface area contributed by atoms with Crippen LogP contribution in [0.3, 0.4) is 0 Å². The Morgan fingerprint density at radius 2 is 1.50 bits per heavy atom. The Hall–Kier alpha value is -1.08. The van der Waals surface area contributed by atoms with E-state index in [2.05, 4.69) is 30.8 Å². The molecule has 0 radical (unpaired) electrons. The SMILES string of the molecule is C=CC(N)c1ccc(C23CC4CC(CC(C4)C2)C3)cc1. The van der Waals surface area contributed by atoms with E-state index < -0.39 is 0 Å². The zero-order valence-electron chi connectivity index (χ0n) is 12.2. The maximum atomic E-state index is 6.03. The molecular formula is C19H25N. The molecule has 0 spiro atoms. The van der Waals surface area contributed by atoms with Gasteiger partial charge in [-0.15, -0.1) is 6.58 Å². The molecule has 0 saturated heterocycles. The highest BCUT2D eigenvalue weighted by molar-refractivity contribution is 5.34. The first-order valence-corrected chi connectivity index (χ1v) is 8.17. The summed E-state index contributed by atoms with van der Waals surface area (Å²) >= 11 is 0. The van der Waals surface area contributed by atoms with Crippen molar-refractivity contribution in [1.82, 2.24) is 0 Å². The molecule has 20 heavy (non-hydrogen) atoms. The van der Waals surface area contributed by atoms with Gasteiger partial charge in [0.15, 0.2) is 0 Å². The molecular weight excluding hydrogens is 242 g/mol. The third kappa shape index (κ3) is 1.87. The van der Waals surface area contributed by atoms with Crippen molar-refractivity contribution in [3.8, 4) is 0 Å². The van der Waals surface area contributed by atoms with Crippen molar-refractivity contribution in [3.63, 3.8) is 0 Å². The van der Waals surface area contributed by atoms with Crippen molar-refractivity contribution < 1.29 is 0 Å². The molecule has 0 aliphatic heterocycles. The van der Waals surface area contributed by atoms with Gasteiger partial charge in [-0.2, -0.15) is 0 Å². The molecule has 4 aliphatic carbocycles. The lowest BCUT2D eigenvalue weighted by Crippen LogP contribution is -2.48. The monoisotopic (exact) mass is 267 g/mol. The minimum Gasteiger partial charge on any atom is -0.321 e. The van der Waals surface area contributed by atoms with Gasteiger partial charge in [-0.25, -0.2) is 0 Å². The van der Waals surface area contributed by atoms with Crippen LogP contribution in [0.5, 0.6) is 0 Å². The molecule has 1 unspecified atom stereocenters. The van der Waals surface area contributed by atoms with Gasteiger partial charge in [0.25, 0.3) is 0 Å². The lowest BCUT2D eigenvalue weighted by atomic mass is 9.48. The van der Waals surface area contributed by atoms with E-state index in [-0.39, 0.29) is 6.04 Å². The molecule has 0 amide bonds. The zero-order valence-corrected chi connectivity index (χ0v) is 12.2. The van der Waals surface area contributed by atoms with Crippen LogP contribution in [0.2, 0.25) is 0 Å². The third-order valence-corrected chi connectivity index (χ3v) is 6.20. The van der Waals surface area contributed by atoms with Crippen molar-refractivity contribution >= 4 is 0 Å². The van der Waals surface area contributed by atoms with Crippen LogP contribution in [0.4, 0.5) is 0 Å². The number of hydrogen-bond acceptors (Lipinski definition) is 1.